The van der Waals surface area contributed by atoms with Crippen molar-refractivity contribution in [3.63, 3.8) is 0 Å². The summed E-state index contributed by atoms with van der Waals surface area (Å²) >= 11 is 0. The van der Waals surface area contributed by atoms with Gasteiger partial charge in [-0.3, -0.25) is 19.2 Å². The van der Waals surface area contributed by atoms with Crippen molar-refractivity contribution >= 4 is 52.4 Å². The van der Waals surface area contributed by atoms with Gasteiger partial charge in [0.15, 0.2) is 8.32 Å². The van der Waals surface area contributed by atoms with Crippen LogP contribution in [0.5, 0.6) is 0 Å². The molecule has 1 amide bonds. The van der Waals surface area contributed by atoms with Crippen molar-refractivity contribution in [1.82, 2.24) is 4.90 Å². The molecule has 1 saturated heterocycles. The average molecular weight is 722 g/mol. The van der Waals surface area contributed by atoms with E-state index in [0.717, 1.165) is 29.1 Å². The largest absolute Gasteiger partial charge is 0.456 e. The Bertz CT molecular complexity index is 1990. The maximum absolute atomic E-state index is 14.2. The first kappa shape index (κ1) is 35.7. The minimum Gasteiger partial charge on any atom is -0.456 e. The summed E-state index contributed by atoms with van der Waals surface area (Å²) in [6.45, 7) is 9.75. The van der Waals surface area contributed by atoms with Crippen LogP contribution < -0.4 is 4.31 Å². The second kappa shape index (κ2) is 13.5. The predicted molar refractivity (Wildman–Crippen MR) is 190 cm³/mol. The maximum atomic E-state index is 14.2. The summed E-state index contributed by atoms with van der Waals surface area (Å²) in [6.07, 6.45) is -0.0285. The van der Waals surface area contributed by atoms with Gasteiger partial charge in [-0.2, -0.15) is 0 Å². The molecule has 50 heavy (non-hydrogen) atoms. The molecule has 0 bridgehead atoms. The summed E-state index contributed by atoms with van der Waals surface area (Å²) in [5.41, 5.74) is 2.22. The number of carbonyl (C=O) groups is 2. The van der Waals surface area contributed by atoms with E-state index in [2.05, 4.69) is 20.8 Å². The lowest BCUT2D eigenvalue weighted by atomic mass is 9.77. The van der Waals surface area contributed by atoms with E-state index in [4.69, 9.17) is 9.16 Å². The summed E-state index contributed by atoms with van der Waals surface area (Å²) in [6, 6.07) is 16.6. The Morgan fingerprint density at radius 3 is 2.36 bits per heavy atom. The number of nitrogens with zero attached hydrogens (tertiary/aromatic N) is 3. The third-order valence-electron chi connectivity index (χ3n) is 11.0. The first-order valence-corrected chi connectivity index (χ1v) is 21.1. The highest BCUT2D eigenvalue weighted by molar-refractivity contribution is 7.93. The van der Waals surface area contributed by atoms with E-state index in [1.54, 1.807) is 24.3 Å². The lowest BCUT2D eigenvalue weighted by Gasteiger charge is -2.49. The van der Waals surface area contributed by atoms with E-state index in [1.807, 2.05) is 19.9 Å². The number of anilines is 1. The topological polar surface area (TPSA) is 157 Å². The van der Waals surface area contributed by atoms with Crippen molar-refractivity contribution in [2.45, 2.75) is 82.8 Å². The van der Waals surface area contributed by atoms with Gasteiger partial charge >= 0.3 is 5.97 Å². The van der Waals surface area contributed by atoms with Gasteiger partial charge in [-0.05, 0) is 77.8 Å². The molecule has 2 unspecified atom stereocenters. The van der Waals surface area contributed by atoms with Crippen LogP contribution in [0.3, 0.4) is 0 Å². The van der Waals surface area contributed by atoms with E-state index in [1.165, 1.54) is 33.5 Å². The molecule has 4 atom stereocenters. The van der Waals surface area contributed by atoms with Crippen LogP contribution in [0.2, 0.25) is 18.1 Å². The van der Waals surface area contributed by atoms with E-state index in [0.29, 0.717) is 28.6 Å². The van der Waals surface area contributed by atoms with Crippen molar-refractivity contribution in [3.05, 3.63) is 87.1 Å². The number of sulfonamides is 1. The normalized spacial score (nSPS) is 21.4. The highest BCUT2D eigenvalue weighted by Crippen LogP contribution is 2.51. The number of aliphatic hydroxyl groups excluding tert-OH is 1. The summed E-state index contributed by atoms with van der Waals surface area (Å²) < 4.78 is 42.1. The first-order valence-electron chi connectivity index (χ1n) is 17.2. The number of hydrogen-bond donors (Lipinski definition) is 1. The molecule has 14 heteroatoms. The lowest BCUT2D eigenvalue weighted by molar-refractivity contribution is -0.384. The second-order valence-electron chi connectivity index (χ2n) is 13.4. The number of β-lactam (4-membered cyclic amide) rings is 1. The number of carbonyl (C=O) groups excluding carboxylic acids is 2. The molecule has 3 aliphatic heterocycles. The van der Waals surface area contributed by atoms with Crippen LogP contribution in [0.1, 0.15) is 45.7 Å². The number of fused-ring (bicyclic) bond motifs is 1. The smallest absolute Gasteiger partial charge is 0.355 e. The first-order chi connectivity index (χ1) is 23.8. The number of hydrogen-bond acceptors (Lipinski definition) is 9. The molecule has 6 rings (SSSR count). The van der Waals surface area contributed by atoms with Gasteiger partial charge in [0.05, 0.1) is 40.1 Å². The molecule has 12 nitrogen and oxygen atoms in total. The molecule has 1 fully saturated rings. The maximum Gasteiger partial charge on any atom is 0.355 e. The lowest BCUT2D eigenvalue weighted by Crippen LogP contribution is -2.65. The molecule has 3 aliphatic rings. The number of esters is 1. The van der Waals surface area contributed by atoms with Gasteiger partial charge in [-0.15, -0.1) is 0 Å². The molecule has 3 aromatic rings. The van der Waals surface area contributed by atoms with Crippen molar-refractivity contribution < 1.29 is 37.2 Å². The number of aliphatic hydroxyl groups is 1. The predicted octanol–water partition coefficient (Wildman–Crippen LogP) is 5.68. The Balaban J connectivity index is 1.37. The van der Waals surface area contributed by atoms with Gasteiger partial charge in [0, 0.05) is 30.0 Å². The summed E-state index contributed by atoms with van der Waals surface area (Å²) in [5, 5.41) is 22.0. The minimum absolute atomic E-state index is 0.0298. The number of benzene rings is 3. The standard InChI is InChI=1S/C36H43N3O9SSi/c1-6-50(7-2,8-3)48-23(5)31-33-22(4)28(34(38(33)35(31)41)36(42)47-21-24-12-15-26(16-13-24)39(43)44)20-37-29-11-9-10-27-25(18-19-40)14-17-30(32(27)29)49(37,45)46/h9-17,22-23,31,33,40H,6-8,18-21H2,1-5H3/t22-,23+,31?,33?/m0/s1. The molecule has 1 N–H and O–H groups in total. The van der Waals surface area contributed by atoms with Gasteiger partial charge in [0.2, 0.25) is 5.91 Å². The second-order valence-corrected chi connectivity index (χ2v) is 19.9. The monoisotopic (exact) mass is 721 g/mol. The summed E-state index contributed by atoms with van der Waals surface area (Å²) in [4.78, 5) is 40.2. The van der Waals surface area contributed by atoms with Gasteiger partial charge in [0.25, 0.3) is 15.7 Å². The van der Waals surface area contributed by atoms with Gasteiger partial charge in [-0.1, -0.05) is 45.9 Å². The fraction of sp³-hybridized carbons (Fsp3) is 0.444. The van der Waals surface area contributed by atoms with E-state index in [9.17, 15) is 33.2 Å². The zero-order chi connectivity index (χ0) is 36.1. The van der Waals surface area contributed by atoms with Gasteiger partial charge in [-0.25, -0.2) is 13.2 Å². The zero-order valence-corrected chi connectivity index (χ0v) is 30.7. The average Bonchev–Trinajstić information content (AvgIpc) is 3.48. The minimum atomic E-state index is -4.04. The summed E-state index contributed by atoms with van der Waals surface area (Å²) in [5.74, 6) is -1.95. The Labute approximate surface area is 293 Å². The van der Waals surface area contributed by atoms with Crippen molar-refractivity contribution in [3.8, 4) is 0 Å². The molecule has 0 saturated carbocycles. The SMILES string of the molecule is CC[Si](CC)(CC)O[C@H](C)C1C(=O)N2C(C(=O)OCc3ccc([N+](=O)[O-])cc3)=C(CN3c4cccc5c(CCO)ccc(c45)S3(=O)=O)[C@H](C)C12. The van der Waals surface area contributed by atoms with Crippen molar-refractivity contribution in [2.75, 3.05) is 17.5 Å². The zero-order valence-electron chi connectivity index (χ0n) is 28.9. The fourth-order valence-corrected chi connectivity index (χ4v) is 12.6. The highest BCUT2D eigenvalue weighted by atomic mass is 32.2. The van der Waals surface area contributed by atoms with Gasteiger partial charge < -0.3 is 19.2 Å². The van der Waals surface area contributed by atoms with E-state index < -0.39 is 53.2 Å². The Morgan fingerprint density at radius 1 is 1.06 bits per heavy atom. The molecule has 0 aliphatic carbocycles. The van der Waals surface area contributed by atoms with Crippen LogP contribution in [0.25, 0.3) is 10.8 Å². The van der Waals surface area contributed by atoms with Crippen LogP contribution in [0.4, 0.5) is 11.4 Å². The van der Waals surface area contributed by atoms with Crippen molar-refractivity contribution in [2.24, 2.45) is 11.8 Å². The van der Waals surface area contributed by atoms with E-state index in [-0.39, 0.29) is 41.9 Å². The number of rotatable bonds is 14. The third-order valence-corrected chi connectivity index (χ3v) is 17.5. The number of nitro benzene ring substituents is 1. The molecule has 0 radical (unpaired) electrons. The van der Waals surface area contributed by atoms with Crippen LogP contribution in [-0.4, -0.2) is 68.8 Å². The Morgan fingerprint density at radius 2 is 1.74 bits per heavy atom. The molecule has 0 aromatic heterocycles. The van der Waals surface area contributed by atoms with Crippen molar-refractivity contribution in [1.29, 1.82) is 0 Å². The highest BCUT2D eigenvalue weighted by Gasteiger charge is 2.61. The quantitative estimate of drug-likeness (QED) is 0.0728. The van der Waals surface area contributed by atoms with E-state index >= 15 is 0 Å². The molecular weight excluding hydrogens is 679 g/mol. The van der Waals surface area contributed by atoms with Crippen LogP contribution >= 0.6 is 0 Å². The van der Waals surface area contributed by atoms with Crippen LogP contribution in [-0.2, 0) is 41.8 Å². The van der Waals surface area contributed by atoms with Gasteiger partial charge in [0.1, 0.15) is 12.3 Å². The Hall–Kier alpha value is -4.11. The third kappa shape index (κ3) is 5.71. The summed E-state index contributed by atoms with van der Waals surface area (Å²) in [7, 11) is -6.12. The molecular formula is C36H43N3O9SSi. The van der Waals surface area contributed by atoms with Crippen LogP contribution in [0, 0.1) is 22.0 Å². The molecule has 0 spiro atoms. The molecule has 3 heterocycles. The fourth-order valence-electron chi connectivity index (χ4n) is 7.98. The van der Waals surface area contributed by atoms with Crippen LogP contribution in [0.15, 0.2) is 70.8 Å². The number of ether oxygens (including phenoxy) is 1. The molecule has 3 aromatic carbocycles. The number of amides is 1. The number of nitro groups is 1. The molecule has 266 valence electrons. The number of non-ortho nitro benzene ring substituents is 1. The Kier molecular flexibility index (Phi) is 9.67.